The molecule has 1 saturated heterocycles. The van der Waals surface area contributed by atoms with Gasteiger partial charge in [-0.25, -0.2) is 4.39 Å². The SMILES string of the molecule is CC(=O)OC1O[C@@H](CF)[C@H](C)[C@@H](C)[C@H]1OC(C)=O. The van der Waals surface area contributed by atoms with E-state index < -0.39 is 37.1 Å². The summed E-state index contributed by atoms with van der Waals surface area (Å²) >= 11 is 0. The fourth-order valence-electron chi connectivity index (χ4n) is 2.05. The molecular formula is C12H19FO5. The van der Waals surface area contributed by atoms with Crippen molar-refractivity contribution in [3.63, 3.8) is 0 Å². The van der Waals surface area contributed by atoms with Crippen LogP contribution in [0, 0.1) is 11.8 Å². The molecule has 0 saturated carbocycles. The first-order valence-electron chi connectivity index (χ1n) is 5.92. The second-order valence-electron chi connectivity index (χ2n) is 4.60. The van der Waals surface area contributed by atoms with Gasteiger partial charge in [0.15, 0.2) is 6.10 Å². The van der Waals surface area contributed by atoms with Crippen LogP contribution in [0.1, 0.15) is 27.7 Å². The third-order valence-electron chi connectivity index (χ3n) is 3.25. The Morgan fingerprint density at radius 1 is 1.11 bits per heavy atom. The molecule has 0 aromatic carbocycles. The molecule has 0 aliphatic carbocycles. The van der Waals surface area contributed by atoms with Crippen molar-refractivity contribution in [3.8, 4) is 0 Å². The number of hydrogen-bond acceptors (Lipinski definition) is 5. The normalized spacial score (nSPS) is 35.9. The van der Waals surface area contributed by atoms with E-state index in [-0.39, 0.29) is 11.8 Å². The number of ether oxygens (including phenoxy) is 3. The first kappa shape index (κ1) is 14.9. The van der Waals surface area contributed by atoms with Crippen molar-refractivity contribution in [2.75, 3.05) is 6.67 Å². The molecule has 1 aliphatic heterocycles. The minimum Gasteiger partial charge on any atom is -0.456 e. The lowest BCUT2D eigenvalue weighted by molar-refractivity contribution is -0.268. The molecule has 0 spiro atoms. The summed E-state index contributed by atoms with van der Waals surface area (Å²) in [5.74, 6) is -1.34. The zero-order valence-corrected chi connectivity index (χ0v) is 11.0. The van der Waals surface area contributed by atoms with Gasteiger partial charge >= 0.3 is 11.9 Å². The van der Waals surface area contributed by atoms with Crippen molar-refractivity contribution in [2.45, 2.75) is 46.2 Å². The summed E-state index contributed by atoms with van der Waals surface area (Å²) in [6, 6.07) is 0. The average molecular weight is 262 g/mol. The first-order chi connectivity index (χ1) is 8.36. The highest BCUT2D eigenvalue weighted by atomic mass is 19.1. The van der Waals surface area contributed by atoms with Gasteiger partial charge in [-0.2, -0.15) is 0 Å². The lowest BCUT2D eigenvalue weighted by Gasteiger charge is -2.42. The minimum atomic E-state index is -1.04. The van der Waals surface area contributed by atoms with Gasteiger partial charge in [-0.1, -0.05) is 13.8 Å². The number of rotatable bonds is 3. The number of hydrogen-bond donors (Lipinski definition) is 0. The number of alkyl halides is 1. The van der Waals surface area contributed by atoms with E-state index in [0.717, 1.165) is 0 Å². The molecule has 1 rings (SSSR count). The van der Waals surface area contributed by atoms with Gasteiger partial charge in [-0.05, 0) is 5.92 Å². The second kappa shape index (κ2) is 6.13. The molecule has 104 valence electrons. The predicted molar refractivity (Wildman–Crippen MR) is 60.3 cm³/mol. The van der Waals surface area contributed by atoms with E-state index in [2.05, 4.69) is 0 Å². The fourth-order valence-corrected chi connectivity index (χ4v) is 2.05. The van der Waals surface area contributed by atoms with Crippen molar-refractivity contribution in [1.82, 2.24) is 0 Å². The second-order valence-corrected chi connectivity index (χ2v) is 4.60. The minimum absolute atomic E-state index is 0.133. The van der Waals surface area contributed by atoms with Crippen LogP contribution in [0.3, 0.4) is 0 Å². The maximum atomic E-state index is 12.8. The summed E-state index contributed by atoms with van der Waals surface area (Å²) in [5, 5.41) is 0. The number of halogens is 1. The van der Waals surface area contributed by atoms with Crippen LogP contribution in [-0.2, 0) is 23.8 Å². The van der Waals surface area contributed by atoms with Crippen molar-refractivity contribution in [1.29, 1.82) is 0 Å². The van der Waals surface area contributed by atoms with E-state index in [9.17, 15) is 14.0 Å². The summed E-state index contributed by atoms with van der Waals surface area (Å²) in [5.41, 5.74) is 0. The Morgan fingerprint density at radius 2 is 1.67 bits per heavy atom. The van der Waals surface area contributed by atoms with Gasteiger partial charge in [-0.3, -0.25) is 9.59 Å². The summed E-state index contributed by atoms with van der Waals surface area (Å²) < 4.78 is 28.2. The standard InChI is InChI=1S/C12H19FO5/c1-6-7(2)11(16-8(3)14)12(17-9(4)15)18-10(6)5-13/h6-7,10-12H,5H2,1-4H3/t6-,7-,10+,11-,12?/m1/s1. The zero-order valence-electron chi connectivity index (χ0n) is 11.0. The van der Waals surface area contributed by atoms with Gasteiger partial charge in [0.05, 0.1) is 6.10 Å². The van der Waals surface area contributed by atoms with Crippen LogP contribution in [0.4, 0.5) is 4.39 Å². The van der Waals surface area contributed by atoms with Gasteiger partial charge in [0.2, 0.25) is 6.29 Å². The monoisotopic (exact) mass is 262 g/mol. The van der Waals surface area contributed by atoms with Crippen LogP contribution >= 0.6 is 0 Å². The maximum absolute atomic E-state index is 12.8. The van der Waals surface area contributed by atoms with E-state index in [4.69, 9.17) is 14.2 Å². The van der Waals surface area contributed by atoms with E-state index in [0.29, 0.717) is 0 Å². The van der Waals surface area contributed by atoms with Gasteiger partial charge in [0.1, 0.15) is 6.67 Å². The summed E-state index contributed by atoms with van der Waals surface area (Å²) in [6.07, 6.45) is -2.40. The molecule has 0 amide bonds. The molecule has 0 N–H and O–H groups in total. The highest BCUT2D eigenvalue weighted by Gasteiger charge is 2.45. The van der Waals surface area contributed by atoms with Gasteiger partial charge in [0, 0.05) is 19.8 Å². The van der Waals surface area contributed by atoms with Crippen LogP contribution in [-0.4, -0.2) is 37.1 Å². The Kier molecular flexibility index (Phi) is 5.07. The van der Waals surface area contributed by atoms with Crippen LogP contribution < -0.4 is 0 Å². The number of carbonyl (C=O) groups is 2. The quantitative estimate of drug-likeness (QED) is 0.720. The van der Waals surface area contributed by atoms with E-state index in [1.807, 2.05) is 13.8 Å². The molecule has 1 heterocycles. The Morgan fingerprint density at radius 3 is 2.11 bits per heavy atom. The molecule has 18 heavy (non-hydrogen) atoms. The summed E-state index contributed by atoms with van der Waals surface area (Å²) in [7, 11) is 0. The number of carbonyl (C=O) groups excluding carboxylic acids is 2. The van der Waals surface area contributed by atoms with Gasteiger partial charge in [0.25, 0.3) is 0 Å². The van der Waals surface area contributed by atoms with Crippen molar-refractivity contribution >= 4 is 11.9 Å². The third-order valence-corrected chi connectivity index (χ3v) is 3.25. The van der Waals surface area contributed by atoms with Crippen LogP contribution in [0.15, 0.2) is 0 Å². The topological polar surface area (TPSA) is 61.8 Å². The van der Waals surface area contributed by atoms with Crippen molar-refractivity contribution in [2.24, 2.45) is 11.8 Å². The molecule has 1 fully saturated rings. The molecule has 0 aromatic heterocycles. The third kappa shape index (κ3) is 3.41. The Bertz CT molecular complexity index is 320. The molecule has 0 aromatic rings. The molecule has 0 radical (unpaired) electrons. The Labute approximate surface area is 106 Å². The molecular weight excluding hydrogens is 243 g/mol. The summed E-state index contributed by atoms with van der Waals surface area (Å²) in [6.45, 7) is 5.45. The predicted octanol–water partition coefficient (Wildman–Crippen LogP) is 1.45. The van der Waals surface area contributed by atoms with E-state index >= 15 is 0 Å². The molecule has 6 heteroatoms. The highest BCUT2D eigenvalue weighted by molar-refractivity contribution is 5.67. The van der Waals surface area contributed by atoms with Crippen LogP contribution in [0.5, 0.6) is 0 Å². The Hall–Kier alpha value is -1.17. The summed E-state index contributed by atoms with van der Waals surface area (Å²) in [4.78, 5) is 22.0. The van der Waals surface area contributed by atoms with Gasteiger partial charge < -0.3 is 14.2 Å². The zero-order chi connectivity index (χ0) is 13.9. The first-order valence-corrected chi connectivity index (χ1v) is 5.92. The van der Waals surface area contributed by atoms with Crippen molar-refractivity contribution in [3.05, 3.63) is 0 Å². The molecule has 5 atom stereocenters. The van der Waals surface area contributed by atoms with E-state index in [1.54, 1.807) is 0 Å². The highest BCUT2D eigenvalue weighted by Crippen LogP contribution is 2.33. The van der Waals surface area contributed by atoms with Crippen LogP contribution in [0.2, 0.25) is 0 Å². The molecule has 1 unspecified atom stereocenters. The lowest BCUT2D eigenvalue weighted by atomic mass is 9.84. The van der Waals surface area contributed by atoms with E-state index in [1.165, 1.54) is 13.8 Å². The number of esters is 2. The van der Waals surface area contributed by atoms with Gasteiger partial charge in [-0.15, -0.1) is 0 Å². The van der Waals surface area contributed by atoms with Crippen LogP contribution in [0.25, 0.3) is 0 Å². The largest absolute Gasteiger partial charge is 0.456 e. The molecule has 5 nitrogen and oxygen atoms in total. The molecule has 1 aliphatic rings. The average Bonchev–Trinajstić information content (AvgIpc) is 2.27. The smallest absolute Gasteiger partial charge is 0.305 e. The van der Waals surface area contributed by atoms with Crippen molar-refractivity contribution < 1.29 is 28.2 Å². The molecule has 0 bridgehead atoms. The Balaban J connectivity index is 2.86. The lowest BCUT2D eigenvalue weighted by Crippen LogP contribution is -2.53. The fraction of sp³-hybridized carbons (Fsp3) is 0.833. The maximum Gasteiger partial charge on any atom is 0.305 e.